The number of ether oxygens (including phenoxy) is 1. The van der Waals surface area contributed by atoms with Crippen molar-refractivity contribution in [1.82, 2.24) is 16.0 Å². The van der Waals surface area contributed by atoms with Crippen molar-refractivity contribution in [3.63, 3.8) is 0 Å². The van der Waals surface area contributed by atoms with E-state index in [-0.39, 0.29) is 6.03 Å². The summed E-state index contributed by atoms with van der Waals surface area (Å²) < 4.78 is 5.79. The summed E-state index contributed by atoms with van der Waals surface area (Å²) in [4.78, 5) is 11.6. The van der Waals surface area contributed by atoms with E-state index < -0.39 is 0 Å². The van der Waals surface area contributed by atoms with Crippen LogP contribution < -0.4 is 16.0 Å². The van der Waals surface area contributed by atoms with Crippen LogP contribution in [0.25, 0.3) is 0 Å². The van der Waals surface area contributed by atoms with E-state index in [1.165, 1.54) is 12.8 Å². The summed E-state index contributed by atoms with van der Waals surface area (Å²) in [6.07, 6.45) is 8.27. The minimum absolute atomic E-state index is 0.0197. The van der Waals surface area contributed by atoms with Gasteiger partial charge in [0.05, 0.1) is 6.10 Å². The number of carbonyl (C=O) groups is 1. The minimum atomic E-state index is -0.0197. The zero-order valence-electron chi connectivity index (χ0n) is 11.7. The first-order valence-electron chi connectivity index (χ1n) is 7.71. The lowest BCUT2D eigenvalue weighted by molar-refractivity contribution is 0.0320. The van der Waals surface area contributed by atoms with Crippen molar-refractivity contribution in [2.75, 3.05) is 26.2 Å². The van der Waals surface area contributed by atoms with Gasteiger partial charge in [0.1, 0.15) is 0 Å². The van der Waals surface area contributed by atoms with Gasteiger partial charge in [-0.15, -0.1) is 0 Å². The molecule has 0 aromatic carbocycles. The molecule has 5 heteroatoms. The Morgan fingerprint density at radius 3 is 2.63 bits per heavy atom. The number of piperidine rings is 1. The molecule has 0 aromatic heterocycles. The molecule has 0 radical (unpaired) electrons. The van der Waals surface area contributed by atoms with Crippen molar-refractivity contribution in [3.05, 3.63) is 0 Å². The van der Waals surface area contributed by atoms with Gasteiger partial charge in [0, 0.05) is 19.2 Å². The lowest BCUT2D eigenvalue weighted by atomic mass is 10.1. The number of nitrogens with one attached hydrogen (secondary N) is 3. The van der Waals surface area contributed by atoms with Gasteiger partial charge in [0.15, 0.2) is 0 Å². The van der Waals surface area contributed by atoms with E-state index in [9.17, 15) is 4.79 Å². The lowest BCUT2D eigenvalue weighted by Crippen LogP contribution is -2.41. The van der Waals surface area contributed by atoms with Crippen molar-refractivity contribution in [3.8, 4) is 0 Å². The molecule has 110 valence electrons. The first-order valence-corrected chi connectivity index (χ1v) is 7.71. The van der Waals surface area contributed by atoms with E-state index in [4.69, 9.17) is 4.74 Å². The van der Waals surface area contributed by atoms with Crippen LogP contribution in [0.15, 0.2) is 0 Å². The van der Waals surface area contributed by atoms with Gasteiger partial charge in [-0.05, 0) is 45.2 Å². The Morgan fingerprint density at radius 1 is 1.16 bits per heavy atom. The quantitative estimate of drug-likeness (QED) is 0.639. The van der Waals surface area contributed by atoms with E-state index in [1.54, 1.807) is 0 Å². The van der Waals surface area contributed by atoms with Crippen LogP contribution in [0.4, 0.5) is 4.79 Å². The highest BCUT2D eigenvalue weighted by Gasteiger charge is 2.16. The van der Waals surface area contributed by atoms with Crippen LogP contribution in [0.5, 0.6) is 0 Å². The predicted octanol–water partition coefficient (Wildman–Crippen LogP) is 1.39. The highest BCUT2D eigenvalue weighted by atomic mass is 16.5. The van der Waals surface area contributed by atoms with Crippen molar-refractivity contribution in [2.24, 2.45) is 0 Å². The largest absolute Gasteiger partial charge is 0.378 e. The number of hydrogen-bond donors (Lipinski definition) is 3. The van der Waals surface area contributed by atoms with E-state index in [2.05, 4.69) is 16.0 Å². The molecule has 1 saturated carbocycles. The summed E-state index contributed by atoms with van der Waals surface area (Å²) in [5.41, 5.74) is 0. The van der Waals surface area contributed by atoms with Crippen LogP contribution in [-0.4, -0.2) is 44.4 Å². The number of rotatable bonds is 6. The topological polar surface area (TPSA) is 62.4 Å². The summed E-state index contributed by atoms with van der Waals surface area (Å²) in [6, 6.07) is 0.375. The molecule has 1 saturated heterocycles. The van der Waals surface area contributed by atoms with Gasteiger partial charge in [-0.2, -0.15) is 0 Å². The van der Waals surface area contributed by atoms with Crippen LogP contribution >= 0.6 is 0 Å². The highest BCUT2D eigenvalue weighted by Crippen LogP contribution is 2.17. The van der Waals surface area contributed by atoms with Crippen molar-refractivity contribution in [1.29, 1.82) is 0 Å². The standard InChI is InChI=1S/C14H27N3O2/c18-14(17-12-4-1-2-5-12)16-8-3-11-19-13-6-9-15-10-7-13/h12-13,15H,1-11H2,(H2,16,17,18). The Hall–Kier alpha value is -0.810. The average Bonchev–Trinajstić information content (AvgIpc) is 2.92. The van der Waals surface area contributed by atoms with E-state index in [0.29, 0.717) is 18.7 Å². The zero-order valence-corrected chi connectivity index (χ0v) is 11.7. The Labute approximate surface area is 115 Å². The Bertz CT molecular complexity index is 261. The summed E-state index contributed by atoms with van der Waals surface area (Å²) in [5.74, 6) is 0. The first kappa shape index (κ1) is 14.6. The molecule has 2 rings (SSSR count). The van der Waals surface area contributed by atoms with Gasteiger partial charge in [0.2, 0.25) is 0 Å². The maximum Gasteiger partial charge on any atom is 0.315 e. The maximum atomic E-state index is 11.6. The predicted molar refractivity (Wildman–Crippen MR) is 75.3 cm³/mol. The van der Waals surface area contributed by atoms with Crippen molar-refractivity contribution in [2.45, 2.75) is 57.1 Å². The normalized spacial score (nSPS) is 21.5. The molecule has 19 heavy (non-hydrogen) atoms. The molecular weight excluding hydrogens is 242 g/mol. The van der Waals surface area contributed by atoms with Crippen LogP contribution in [-0.2, 0) is 4.74 Å². The molecule has 1 aliphatic heterocycles. The van der Waals surface area contributed by atoms with Gasteiger partial charge in [-0.3, -0.25) is 0 Å². The fraction of sp³-hybridized carbons (Fsp3) is 0.929. The van der Waals surface area contributed by atoms with Gasteiger partial charge >= 0.3 is 6.03 Å². The third-order valence-electron chi connectivity index (χ3n) is 3.94. The van der Waals surface area contributed by atoms with E-state index in [0.717, 1.165) is 51.8 Å². The molecule has 2 aliphatic rings. The highest BCUT2D eigenvalue weighted by molar-refractivity contribution is 5.74. The molecule has 1 aliphatic carbocycles. The van der Waals surface area contributed by atoms with Crippen molar-refractivity contribution < 1.29 is 9.53 Å². The van der Waals surface area contributed by atoms with Crippen LogP contribution in [0, 0.1) is 0 Å². The SMILES string of the molecule is O=C(NCCCOC1CCNCC1)NC1CCCC1. The fourth-order valence-electron chi connectivity index (χ4n) is 2.79. The molecule has 0 aromatic rings. The Kier molecular flexibility index (Phi) is 6.44. The molecular formula is C14H27N3O2. The molecule has 2 fully saturated rings. The third-order valence-corrected chi connectivity index (χ3v) is 3.94. The third kappa shape index (κ3) is 5.78. The number of carbonyl (C=O) groups excluding carboxylic acids is 1. The van der Waals surface area contributed by atoms with Crippen LogP contribution in [0.2, 0.25) is 0 Å². The van der Waals surface area contributed by atoms with Crippen LogP contribution in [0.3, 0.4) is 0 Å². The first-order chi connectivity index (χ1) is 9.34. The van der Waals surface area contributed by atoms with Crippen LogP contribution in [0.1, 0.15) is 44.9 Å². The molecule has 5 nitrogen and oxygen atoms in total. The van der Waals surface area contributed by atoms with Gasteiger partial charge in [0.25, 0.3) is 0 Å². The lowest BCUT2D eigenvalue weighted by Gasteiger charge is -2.22. The second-order valence-corrected chi connectivity index (χ2v) is 5.56. The number of amides is 2. The molecule has 0 bridgehead atoms. The average molecular weight is 269 g/mol. The zero-order chi connectivity index (χ0) is 13.3. The molecule has 0 atom stereocenters. The van der Waals surface area contributed by atoms with E-state index in [1.807, 2.05) is 0 Å². The maximum absolute atomic E-state index is 11.6. The summed E-state index contributed by atoms with van der Waals surface area (Å²) in [6.45, 7) is 3.57. The van der Waals surface area contributed by atoms with Gasteiger partial charge < -0.3 is 20.7 Å². The summed E-state index contributed by atoms with van der Waals surface area (Å²) >= 11 is 0. The fourth-order valence-corrected chi connectivity index (χ4v) is 2.79. The Morgan fingerprint density at radius 2 is 1.89 bits per heavy atom. The molecule has 2 amide bonds. The second-order valence-electron chi connectivity index (χ2n) is 5.56. The van der Waals surface area contributed by atoms with Gasteiger partial charge in [-0.25, -0.2) is 4.79 Å². The van der Waals surface area contributed by atoms with E-state index >= 15 is 0 Å². The molecule has 0 unspecified atom stereocenters. The smallest absolute Gasteiger partial charge is 0.315 e. The number of hydrogen-bond acceptors (Lipinski definition) is 3. The molecule has 1 heterocycles. The van der Waals surface area contributed by atoms with Gasteiger partial charge in [-0.1, -0.05) is 12.8 Å². The summed E-state index contributed by atoms with van der Waals surface area (Å²) in [7, 11) is 0. The molecule has 3 N–H and O–H groups in total. The van der Waals surface area contributed by atoms with Crippen molar-refractivity contribution >= 4 is 6.03 Å². The second kappa shape index (κ2) is 8.38. The molecule has 0 spiro atoms. The summed E-state index contributed by atoms with van der Waals surface area (Å²) in [5, 5.41) is 9.25. The monoisotopic (exact) mass is 269 g/mol. The Balaban J connectivity index is 1.43. The number of urea groups is 1. The minimum Gasteiger partial charge on any atom is -0.378 e.